The number of rotatable bonds is 8. The summed E-state index contributed by atoms with van der Waals surface area (Å²) in [5.41, 5.74) is 9.62. The van der Waals surface area contributed by atoms with E-state index in [2.05, 4.69) is 9.97 Å². The summed E-state index contributed by atoms with van der Waals surface area (Å²) < 4.78 is 44.3. The number of carbonyl (C=O) groups excluding carboxylic acids is 1. The molecule has 0 saturated carbocycles. The van der Waals surface area contributed by atoms with Crippen LogP contribution in [0.15, 0.2) is 60.8 Å². The van der Waals surface area contributed by atoms with Gasteiger partial charge in [-0.1, -0.05) is 12.1 Å². The second kappa shape index (κ2) is 11.3. The molecule has 38 heavy (non-hydrogen) atoms. The van der Waals surface area contributed by atoms with Gasteiger partial charge in [-0.2, -0.15) is 0 Å². The number of hydrogen-bond acceptors (Lipinski definition) is 8. The van der Waals surface area contributed by atoms with Crippen molar-refractivity contribution in [3.63, 3.8) is 0 Å². The van der Waals surface area contributed by atoms with Gasteiger partial charge in [-0.3, -0.25) is 9.78 Å². The Labute approximate surface area is 222 Å². The Morgan fingerprint density at radius 2 is 2.00 bits per heavy atom. The van der Waals surface area contributed by atoms with Crippen LogP contribution in [0.5, 0.6) is 11.5 Å². The predicted molar refractivity (Wildman–Crippen MR) is 140 cm³/mol. The minimum atomic E-state index is -0.949. The van der Waals surface area contributed by atoms with Crippen LogP contribution in [0.3, 0.4) is 0 Å². The van der Waals surface area contributed by atoms with E-state index in [4.69, 9.17) is 19.9 Å². The quantitative estimate of drug-likeness (QED) is 0.311. The molecule has 2 atom stereocenters. The van der Waals surface area contributed by atoms with Gasteiger partial charge in [-0.15, -0.1) is 11.8 Å². The Bertz CT molecular complexity index is 1490. The Morgan fingerprint density at radius 3 is 2.84 bits per heavy atom. The van der Waals surface area contributed by atoms with Crippen LogP contribution in [-0.2, 0) is 22.7 Å². The molecular weight excluding hydrogens is 512 g/mol. The van der Waals surface area contributed by atoms with E-state index in [1.54, 1.807) is 31.3 Å². The Morgan fingerprint density at radius 1 is 1.16 bits per heavy atom. The second-order valence-corrected chi connectivity index (χ2v) is 9.79. The van der Waals surface area contributed by atoms with Gasteiger partial charge in [-0.05, 0) is 48.9 Å². The van der Waals surface area contributed by atoms with Gasteiger partial charge in [0.25, 0.3) is 0 Å². The van der Waals surface area contributed by atoms with Crippen LogP contribution in [0.1, 0.15) is 34.7 Å². The van der Waals surface area contributed by atoms with Crippen LogP contribution < -0.4 is 15.2 Å². The lowest BCUT2D eigenvalue weighted by molar-refractivity contribution is -0.144. The van der Waals surface area contributed by atoms with Gasteiger partial charge in [0, 0.05) is 29.0 Å². The molecule has 0 radical (unpaired) electrons. The number of pyridine rings is 2. The molecule has 2 N–H and O–H groups in total. The van der Waals surface area contributed by atoms with Crippen molar-refractivity contribution in [2.75, 3.05) is 12.4 Å². The van der Waals surface area contributed by atoms with Crippen LogP contribution >= 0.6 is 11.8 Å². The smallest absolute Gasteiger partial charge is 0.323 e. The molecule has 5 rings (SSSR count). The molecule has 3 heterocycles. The van der Waals surface area contributed by atoms with E-state index in [1.165, 1.54) is 11.8 Å². The molecule has 0 saturated heterocycles. The van der Waals surface area contributed by atoms with Crippen LogP contribution in [0.4, 0.5) is 8.78 Å². The van der Waals surface area contributed by atoms with Crippen molar-refractivity contribution in [1.29, 1.82) is 0 Å². The lowest BCUT2D eigenvalue weighted by atomic mass is 10.0. The van der Waals surface area contributed by atoms with Crippen LogP contribution in [0.2, 0.25) is 0 Å². The number of nitrogens with two attached hydrogens (primary N) is 1. The monoisotopic (exact) mass is 537 g/mol. The lowest BCUT2D eigenvalue weighted by Crippen LogP contribution is -2.34. The largest absolute Gasteiger partial charge is 0.487 e. The first-order chi connectivity index (χ1) is 18.4. The number of fused-ring (bicyclic) bond motifs is 3. The molecular formula is C28H25F2N3O4S. The lowest BCUT2D eigenvalue weighted by Gasteiger charge is -2.20. The third kappa shape index (κ3) is 5.56. The van der Waals surface area contributed by atoms with E-state index in [0.29, 0.717) is 40.5 Å². The van der Waals surface area contributed by atoms with Crippen molar-refractivity contribution in [1.82, 2.24) is 9.97 Å². The molecule has 2 aromatic heterocycles. The van der Waals surface area contributed by atoms with Crippen molar-refractivity contribution in [2.24, 2.45) is 5.73 Å². The number of benzene rings is 2. The average Bonchev–Trinajstić information content (AvgIpc) is 3.07. The zero-order chi connectivity index (χ0) is 26.6. The van der Waals surface area contributed by atoms with E-state index >= 15 is 0 Å². The van der Waals surface area contributed by atoms with E-state index in [9.17, 15) is 13.6 Å². The molecule has 0 spiro atoms. The van der Waals surface area contributed by atoms with Crippen molar-refractivity contribution in [3.8, 4) is 11.5 Å². The Kier molecular flexibility index (Phi) is 7.71. The maximum atomic E-state index is 13.7. The number of carbonyl (C=O) groups is 1. The molecule has 0 amide bonds. The van der Waals surface area contributed by atoms with Crippen LogP contribution in [-0.4, -0.2) is 34.3 Å². The van der Waals surface area contributed by atoms with Crippen molar-refractivity contribution in [3.05, 3.63) is 94.9 Å². The molecule has 4 aromatic rings. The van der Waals surface area contributed by atoms with Crippen molar-refractivity contribution < 1.29 is 27.8 Å². The third-order valence-corrected chi connectivity index (χ3v) is 7.44. The summed E-state index contributed by atoms with van der Waals surface area (Å²) >= 11 is 1.51. The SMILES string of the molecule is CCOC(=O)C(N)CSC1c2cc(OCc3ccc4cc(F)c(F)cc4n3)ccc2OCc2ncccc21. The number of aromatic nitrogens is 2. The van der Waals surface area contributed by atoms with E-state index in [1.807, 2.05) is 24.3 Å². The summed E-state index contributed by atoms with van der Waals surface area (Å²) in [5.74, 6) is -0.719. The first kappa shape index (κ1) is 25.9. The number of halogens is 2. The van der Waals surface area contributed by atoms with E-state index in [-0.39, 0.29) is 18.5 Å². The van der Waals surface area contributed by atoms with Crippen LogP contribution in [0, 0.1) is 11.6 Å². The normalized spacial score (nSPS) is 15.1. The second-order valence-electron chi connectivity index (χ2n) is 8.65. The Hall–Kier alpha value is -3.76. The van der Waals surface area contributed by atoms with Gasteiger partial charge in [0.1, 0.15) is 30.8 Å². The number of nitrogens with zero attached hydrogens (tertiary/aromatic N) is 2. The maximum Gasteiger partial charge on any atom is 0.323 e. The molecule has 0 fully saturated rings. The number of esters is 1. The highest BCUT2D eigenvalue weighted by Gasteiger charge is 2.28. The highest BCUT2D eigenvalue weighted by Crippen LogP contribution is 2.45. The molecule has 1 aliphatic rings. The zero-order valence-electron chi connectivity index (χ0n) is 20.5. The van der Waals surface area contributed by atoms with Gasteiger partial charge >= 0.3 is 5.97 Å². The van der Waals surface area contributed by atoms with E-state index in [0.717, 1.165) is 29.0 Å². The molecule has 1 aliphatic heterocycles. The summed E-state index contributed by atoms with van der Waals surface area (Å²) in [5, 5.41) is 0.292. The fraction of sp³-hybridized carbons (Fsp3) is 0.250. The van der Waals surface area contributed by atoms with Gasteiger partial charge in [0.05, 0.1) is 28.8 Å². The van der Waals surface area contributed by atoms with Crippen molar-refractivity contribution >= 4 is 28.6 Å². The fourth-order valence-electron chi connectivity index (χ4n) is 4.17. The predicted octanol–water partition coefficient (Wildman–Crippen LogP) is 5.09. The maximum absolute atomic E-state index is 13.7. The molecule has 2 unspecified atom stereocenters. The number of ether oxygens (including phenoxy) is 3. The number of thioether (sulfide) groups is 1. The molecule has 7 nitrogen and oxygen atoms in total. The topological polar surface area (TPSA) is 96.6 Å². The van der Waals surface area contributed by atoms with Crippen LogP contribution in [0.25, 0.3) is 10.9 Å². The van der Waals surface area contributed by atoms with Gasteiger partial charge in [0.15, 0.2) is 11.6 Å². The van der Waals surface area contributed by atoms with Gasteiger partial charge in [0.2, 0.25) is 0 Å². The molecule has 0 aliphatic carbocycles. The van der Waals surface area contributed by atoms with Gasteiger partial charge < -0.3 is 19.9 Å². The third-order valence-electron chi connectivity index (χ3n) is 6.04. The highest BCUT2D eigenvalue weighted by atomic mass is 32.2. The standard InChI is InChI=1S/C28H25F2N3O4S/c1-2-35-28(34)23(31)15-38-27-19-4-3-9-32-25(19)14-37-26-8-7-18(11-20(26)27)36-13-17-6-5-16-10-21(29)22(30)12-24(16)33-17/h3-12,23,27H,2,13-15,31H2,1H3. The molecule has 2 aromatic carbocycles. The molecule has 0 bridgehead atoms. The highest BCUT2D eigenvalue weighted by molar-refractivity contribution is 7.99. The summed E-state index contributed by atoms with van der Waals surface area (Å²) in [7, 11) is 0. The van der Waals surface area contributed by atoms with E-state index < -0.39 is 23.6 Å². The molecule has 196 valence electrons. The minimum Gasteiger partial charge on any atom is -0.487 e. The minimum absolute atomic E-state index is 0.123. The summed E-state index contributed by atoms with van der Waals surface area (Å²) in [6.07, 6.45) is 1.72. The Balaban J connectivity index is 1.39. The number of hydrogen-bond donors (Lipinski definition) is 1. The van der Waals surface area contributed by atoms with Gasteiger partial charge in [-0.25, -0.2) is 13.8 Å². The summed E-state index contributed by atoms with van der Waals surface area (Å²) in [4.78, 5) is 21.0. The molecule has 10 heteroatoms. The first-order valence-electron chi connectivity index (χ1n) is 12.0. The van der Waals surface area contributed by atoms with Crippen molar-refractivity contribution in [2.45, 2.75) is 31.4 Å². The zero-order valence-corrected chi connectivity index (χ0v) is 21.3. The first-order valence-corrected chi connectivity index (χ1v) is 13.1. The summed E-state index contributed by atoms with van der Waals surface area (Å²) in [6, 6.07) is 14.2. The fourth-order valence-corrected chi connectivity index (χ4v) is 5.46. The average molecular weight is 538 g/mol. The summed E-state index contributed by atoms with van der Waals surface area (Å²) in [6.45, 7) is 2.44.